The van der Waals surface area contributed by atoms with Gasteiger partial charge in [-0.15, -0.1) is 0 Å². The molecule has 0 aliphatic heterocycles. The SMILES string of the molecule is c1ccc(N(c2ccccc2)c2ccc(Nc3ccc(Nc4ccc(N(c5ccccc5)c5ccccc5)cc4)c4ccccc34)cc2)cc1. The Morgan fingerprint density at radius 1 is 0.240 bits per heavy atom. The molecule has 2 N–H and O–H groups in total. The second-order valence-electron chi connectivity index (χ2n) is 12.1. The zero-order chi connectivity index (χ0) is 33.5. The number of para-hydroxylation sites is 4. The molecule has 0 heterocycles. The molecule has 0 radical (unpaired) electrons. The molecule has 0 atom stereocenters. The van der Waals surface area contributed by atoms with Gasteiger partial charge in [-0.1, -0.05) is 97.1 Å². The van der Waals surface area contributed by atoms with Gasteiger partial charge in [0.15, 0.2) is 0 Å². The highest BCUT2D eigenvalue weighted by Crippen LogP contribution is 2.38. The summed E-state index contributed by atoms with van der Waals surface area (Å²) in [4.78, 5) is 4.54. The van der Waals surface area contributed by atoms with Crippen LogP contribution in [-0.4, -0.2) is 0 Å². The minimum Gasteiger partial charge on any atom is -0.355 e. The molecule has 8 rings (SSSR count). The van der Waals surface area contributed by atoms with Gasteiger partial charge in [-0.3, -0.25) is 0 Å². The summed E-state index contributed by atoms with van der Waals surface area (Å²) in [6.07, 6.45) is 0. The molecule has 8 aromatic rings. The Morgan fingerprint density at radius 3 is 0.800 bits per heavy atom. The average Bonchev–Trinajstić information content (AvgIpc) is 3.19. The maximum absolute atomic E-state index is 3.68. The summed E-state index contributed by atoms with van der Waals surface area (Å²) in [6.45, 7) is 0. The average molecular weight is 645 g/mol. The fourth-order valence-electron chi connectivity index (χ4n) is 6.42. The van der Waals surface area contributed by atoms with Crippen molar-refractivity contribution in [2.45, 2.75) is 0 Å². The Kier molecular flexibility index (Phi) is 8.64. The molecular formula is C46H36N4. The van der Waals surface area contributed by atoms with Gasteiger partial charge in [0.25, 0.3) is 0 Å². The molecule has 0 aliphatic carbocycles. The fraction of sp³-hybridized carbons (Fsp3) is 0. The molecule has 50 heavy (non-hydrogen) atoms. The number of benzene rings is 8. The van der Waals surface area contributed by atoms with Crippen LogP contribution >= 0.6 is 0 Å². The van der Waals surface area contributed by atoms with E-state index in [9.17, 15) is 0 Å². The Morgan fingerprint density at radius 2 is 0.500 bits per heavy atom. The van der Waals surface area contributed by atoms with Crippen molar-refractivity contribution >= 4 is 67.6 Å². The van der Waals surface area contributed by atoms with Crippen molar-refractivity contribution in [3.8, 4) is 0 Å². The first-order valence-electron chi connectivity index (χ1n) is 16.9. The van der Waals surface area contributed by atoms with Crippen molar-refractivity contribution in [2.75, 3.05) is 20.4 Å². The highest BCUT2D eigenvalue weighted by molar-refractivity contribution is 6.03. The number of anilines is 10. The van der Waals surface area contributed by atoms with Crippen molar-refractivity contribution in [1.82, 2.24) is 0 Å². The van der Waals surface area contributed by atoms with Crippen LogP contribution < -0.4 is 20.4 Å². The molecule has 0 aliphatic rings. The predicted octanol–water partition coefficient (Wildman–Crippen LogP) is 13.3. The van der Waals surface area contributed by atoms with Gasteiger partial charge in [-0.2, -0.15) is 0 Å². The molecule has 4 nitrogen and oxygen atoms in total. The molecule has 0 saturated carbocycles. The van der Waals surface area contributed by atoms with E-state index in [-0.39, 0.29) is 0 Å². The van der Waals surface area contributed by atoms with E-state index in [1.54, 1.807) is 0 Å². The van der Waals surface area contributed by atoms with Crippen LogP contribution in [0.2, 0.25) is 0 Å². The highest BCUT2D eigenvalue weighted by Gasteiger charge is 2.14. The van der Waals surface area contributed by atoms with E-state index in [1.807, 2.05) is 24.3 Å². The Bertz CT molecular complexity index is 2040. The summed E-state index contributed by atoms with van der Waals surface area (Å²) in [7, 11) is 0. The second kappa shape index (κ2) is 14.1. The van der Waals surface area contributed by atoms with Crippen LogP contribution in [0.25, 0.3) is 10.8 Å². The van der Waals surface area contributed by atoms with Crippen molar-refractivity contribution in [3.05, 3.63) is 206 Å². The monoisotopic (exact) mass is 644 g/mol. The standard InChI is InChI=1S/C46H36N4/c1-5-15-37(16-6-1)49(38-17-7-2-8-18-38)41-29-25-35(26-30-41)47-45-33-34-46(44-24-14-13-23-43(44)45)48-36-27-31-42(32-28-36)50(39-19-9-3-10-20-39)40-21-11-4-12-22-40/h1-34,47-48H. The Hall–Kier alpha value is -6.78. The summed E-state index contributed by atoms with van der Waals surface area (Å²) in [5.74, 6) is 0. The van der Waals surface area contributed by atoms with E-state index in [2.05, 4.69) is 202 Å². The van der Waals surface area contributed by atoms with E-state index in [1.165, 1.54) is 0 Å². The number of nitrogens with zero attached hydrogens (tertiary/aromatic N) is 2. The zero-order valence-electron chi connectivity index (χ0n) is 27.5. The molecule has 0 unspecified atom stereocenters. The van der Waals surface area contributed by atoms with Crippen LogP contribution in [0.4, 0.5) is 56.9 Å². The smallest absolute Gasteiger partial charge is 0.0465 e. The molecule has 0 aromatic heterocycles. The van der Waals surface area contributed by atoms with Crippen molar-refractivity contribution in [3.63, 3.8) is 0 Å². The summed E-state index contributed by atoms with van der Waals surface area (Å²) < 4.78 is 0. The quantitative estimate of drug-likeness (QED) is 0.155. The molecule has 0 amide bonds. The van der Waals surface area contributed by atoms with Crippen LogP contribution in [0, 0.1) is 0 Å². The van der Waals surface area contributed by atoms with E-state index in [0.717, 1.165) is 67.6 Å². The molecule has 0 spiro atoms. The first-order valence-corrected chi connectivity index (χ1v) is 16.9. The van der Waals surface area contributed by atoms with Gasteiger partial charge in [0, 0.05) is 67.6 Å². The van der Waals surface area contributed by atoms with Crippen molar-refractivity contribution in [1.29, 1.82) is 0 Å². The lowest BCUT2D eigenvalue weighted by atomic mass is 10.1. The molecule has 0 bridgehead atoms. The number of nitrogens with one attached hydrogen (secondary N) is 2. The van der Waals surface area contributed by atoms with Crippen molar-refractivity contribution in [2.24, 2.45) is 0 Å². The zero-order valence-corrected chi connectivity index (χ0v) is 27.5. The van der Waals surface area contributed by atoms with Crippen LogP contribution in [-0.2, 0) is 0 Å². The third-order valence-corrected chi connectivity index (χ3v) is 8.79. The maximum Gasteiger partial charge on any atom is 0.0465 e. The van der Waals surface area contributed by atoms with Crippen LogP contribution in [0.3, 0.4) is 0 Å². The topological polar surface area (TPSA) is 30.5 Å². The minimum absolute atomic E-state index is 1.03. The summed E-state index contributed by atoms with van der Waals surface area (Å²) in [6, 6.07) is 72.0. The molecule has 240 valence electrons. The maximum atomic E-state index is 3.68. The Balaban J connectivity index is 1.04. The van der Waals surface area contributed by atoms with E-state index in [4.69, 9.17) is 0 Å². The molecule has 8 aromatic carbocycles. The van der Waals surface area contributed by atoms with Gasteiger partial charge in [-0.05, 0) is 109 Å². The van der Waals surface area contributed by atoms with Crippen molar-refractivity contribution < 1.29 is 0 Å². The third kappa shape index (κ3) is 6.51. The van der Waals surface area contributed by atoms with Gasteiger partial charge >= 0.3 is 0 Å². The highest BCUT2D eigenvalue weighted by atomic mass is 15.1. The summed E-state index contributed by atoms with van der Waals surface area (Å²) in [5.41, 5.74) is 10.8. The molecular weight excluding hydrogens is 609 g/mol. The van der Waals surface area contributed by atoms with Gasteiger partial charge in [-0.25, -0.2) is 0 Å². The molecule has 4 heteroatoms. The number of fused-ring (bicyclic) bond motifs is 1. The lowest BCUT2D eigenvalue weighted by Gasteiger charge is -2.25. The summed E-state index contributed by atoms with van der Waals surface area (Å²) >= 11 is 0. The molecule has 0 saturated heterocycles. The van der Waals surface area contributed by atoms with E-state index < -0.39 is 0 Å². The third-order valence-electron chi connectivity index (χ3n) is 8.79. The van der Waals surface area contributed by atoms with Gasteiger partial charge in [0.05, 0.1) is 0 Å². The lowest BCUT2D eigenvalue weighted by Crippen LogP contribution is -2.09. The second-order valence-corrected chi connectivity index (χ2v) is 12.1. The predicted molar refractivity (Wildman–Crippen MR) is 213 cm³/mol. The van der Waals surface area contributed by atoms with Gasteiger partial charge < -0.3 is 20.4 Å². The Labute approximate surface area is 293 Å². The minimum atomic E-state index is 1.03. The van der Waals surface area contributed by atoms with Crippen LogP contribution in [0.5, 0.6) is 0 Å². The first-order chi connectivity index (χ1) is 24.8. The number of hydrogen-bond acceptors (Lipinski definition) is 4. The largest absolute Gasteiger partial charge is 0.355 e. The first kappa shape index (κ1) is 30.5. The molecule has 0 fully saturated rings. The number of rotatable bonds is 10. The normalized spacial score (nSPS) is 10.8. The van der Waals surface area contributed by atoms with Crippen LogP contribution in [0.15, 0.2) is 206 Å². The van der Waals surface area contributed by atoms with Gasteiger partial charge in [0.1, 0.15) is 0 Å². The lowest BCUT2D eigenvalue weighted by molar-refractivity contribution is 1.28. The van der Waals surface area contributed by atoms with Gasteiger partial charge in [0.2, 0.25) is 0 Å². The fourth-order valence-corrected chi connectivity index (χ4v) is 6.42. The van der Waals surface area contributed by atoms with E-state index in [0.29, 0.717) is 0 Å². The van der Waals surface area contributed by atoms with Crippen LogP contribution in [0.1, 0.15) is 0 Å². The summed E-state index contributed by atoms with van der Waals surface area (Å²) in [5, 5.41) is 9.66. The number of hydrogen-bond donors (Lipinski definition) is 2. The van der Waals surface area contributed by atoms with E-state index >= 15 is 0 Å².